The van der Waals surface area contributed by atoms with E-state index >= 15 is 0 Å². The molecule has 1 aromatic carbocycles. The standard InChI is InChI=1S/C14H20ClNO3S/c1-3-13-5-4-12(9-15)8-14(13)20(17,18)16-6-7-19-10-11(16)2/h4-5,8,11H,3,6-7,9-10H2,1-2H3. The molecule has 1 heterocycles. The van der Waals surface area contributed by atoms with Crippen molar-refractivity contribution in [3.05, 3.63) is 29.3 Å². The van der Waals surface area contributed by atoms with E-state index in [-0.39, 0.29) is 6.04 Å². The summed E-state index contributed by atoms with van der Waals surface area (Å²) in [7, 11) is -3.49. The molecule has 2 rings (SSSR count). The van der Waals surface area contributed by atoms with Gasteiger partial charge in [-0.25, -0.2) is 8.42 Å². The minimum Gasteiger partial charge on any atom is -0.378 e. The van der Waals surface area contributed by atoms with Crippen LogP contribution in [0.15, 0.2) is 23.1 Å². The normalized spacial score (nSPS) is 21.1. The predicted octanol–water partition coefficient (Wildman–Crippen LogP) is 2.40. The number of morpholine rings is 1. The smallest absolute Gasteiger partial charge is 0.243 e. The fourth-order valence-corrected chi connectivity index (χ4v) is 4.52. The third-order valence-electron chi connectivity index (χ3n) is 3.56. The summed E-state index contributed by atoms with van der Waals surface area (Å²) in [6, 6.07) is 5.30. The van der Waals surface area contributed by atoms with Gasteiger partial charge >= 0.3 is 0 Å². The number of nitrogens with zero attached hydrogens (tertiary/aromatic N) is 1. The minimum atomic E-state index is -3.49. The molecule has 1 aromatic rings. The van der Waals surface area contributed by atoms with Gasteiger partial charge < -0.3 is 4.74 Å². The maximum atomic E-state index is 12.9. The van der Waals surface area contributed by atoms with E-state index in [1.54, 1.807) is 6.07 Å². The van der Waals surface area contributed by atoms with E-state index in [0.29, 0.717) is 37.0 Å². The monoisotopic (exact) mass is 317 g/mol. The van der Waals surface area contributed by atoms with Crippen LogP contribution < -0.4 is 0 Å². The average molecular weight is 318 g/mol. The Hall–Kier alpha value is -0.620. The summed E-state index contributed by atoms with van der Waals surface area (Å²) in [4.78, 5) is 0.381. The van der Waals surface area contributed by atoms with Gasteiger partial charge in [-0.1, -0.05) is 19.1 Å². The number of aryl methyl sites for hydroxylation is 1. The van der Waals surface area contributed by atoms with Gasteiger partial charge in [0.15, 0.2) is 0 Å². The molecule has 0 amide bonds. The lowest BCUT2D eigenvalue weighted by Gasteiger charge is -2.32. The molecule has 0 spiro atoms. The SMILES string of the molecule is CCc1ccc(CCl)cc1S(=O)(=O)N1CCOCC1C. The molecule has 1 saturated heterocycles. The molecule has 20 heavy (non-hydrogen) atoms. The zero-order chi connectivity index (χ0) is 14.8. The summed E-state index contributed by atoms with van der Waals surface area (Å²) in [5, 5.41) is 0. The van der Waals surface area contributed by atoms with Gasteiger partial charge in [-0.15, -0.1) is 11.6 Å². The van der Waals surface area contributed by atoms with Crippen LogP contribution in [0.3, 0.4) is 0 Å². The molecule has 0 aliphatic carbocycles. The van der Waals surface area contributed by atoms with Crippen LogP contribution in [0.5, 0.6) is 0 Å². The van der Waals surface area contributed by atoms with Crippen molar-refractivity contribution >= 4 is 21.6 Å². The lowest BCUT2D eigenvalue weighted by atomic mass is 10.1. The van der Waals surface area contributed by atoms with Crippen LogP contribution in [0.2, 0.25) is 0 Å². The summed E-state index contributed by atoms with van der Waals surface area (Å²) in [5.74, 6) is 0.311. The Morgan fingerprint density at radius 1 is 1.45 bits per heavy atom. The van der Waals surface area contributed by atoms with Crippen LogP contribution in [-0.2, 0) is 27.1 Å². The Morgan fingerprint density at radius 3 is 2.80 bits per heavy atom. The Balaban J connectivity index is 2.47. The van der Waals surface area contributed by atoms with Crippen LogP contribution >= 0.6 is 11.6 Å². The fraction of sp³-hybridized carbons (Fsp3) is 0.571. The zero-order valence-corrected chi connectivity index (χ0v) is 13.4. The van der Waals surface area contributed by atoms with Crippen LogP contribution in [0.25, 0.3) is 0 Å². The van der Waals surface area contributed by atoms with Gasteiger partial charge in [0, 0.05) is 18.5 Å². The Bertz CT molecular complexity index is 574. The molecular weight excluding hydrogens is 298 g/mol. The first-order valence-corrected chi connectivity index (χ1v) is 8.75. The van der Waals surface area contributed by atoms with Crippen LogP contribution in [-0.4, -0.2) is 38.5 Å². The average Bonchev–Trinajstić information content (AvgIpc) is 2.46. The summed E-state index contributed by atoms with van der Waals surface area (Å²) in [6.45, 7) is 5.11. The van der Waals surface area contributed by atoms with Crippen molar-refractivity contribution in [2.75, 3.05) is 19.8 Å². The van der Waals surface area contributed by atoms with Crippen molar-refractivity contribution < 1.29 is 13.2 Å². The lowest BCUT2D eigenvalue weighted by molar-refractivity contribution is 0.0392. The van der Waals surface area contributed by atoms with E-state index in [1.807, 2.05) is 26.0 Å². The van der Waals surface area contributed by atoms with Crippen molar-refractivity contribution in [2.24, 2.45) is 0 Å². The topological polar surface area (TPSA) is 46.6 Å². The number of alkyl halides is 1. The van der Waals surface area contributed by atoms with E-state index in [9.17, 15) is 8.42 Å². The molecular formula is C14H20ClNO3S. The molecule has 0 radical (unpaired) electrons. The van der Waals surface area contributed by atoms with Gasteiger partial charge in [-0.2, -0.15) is 4.31 Å². The van der Waals surface area contributed by atoms with Crippen molar-refractivity contribution in [2.45, 2.75) is 37.1 Å². The van der Waals surface area contributed by atoms with Gasteiger partial charge in [-0.3, -0.25) is 0 Å². The third kappa shape index (κ3) is 3.01. The van der Waals surface area contributed by atoms with E-state index < -0.39 is 10.0 Å². The largest absolute Gasteiger partial charge is 0.378 e. The highest BCUT2D eigenvalue weighted by Gasteiger charge is 2.32. The second-order valence-corrected chi connectivity index (χ2v) is 7.10. The number of sulfonamides is 1. The van der Waals surface area contributed by atoms with Crippen molar-refractivity contribution in [1.29, 1.82) is 0 Å². The first-order valence-electron chi connectivity index (χ1n) is 6.78. The van der Waals surface area contributed by atoms with Gasteiger partial charge in [0.2, 0.25) is 10.0 Å². The van der Waals surface area contributed by atoms with Gasteiger partial charge in [0.25, 0.3) is 0 Å². The molecule has 4 nitrogen and oxygen atoms in total. The molecule has 0 saturated carbocycles. The first-order chi connectivity index (χ1) is 9.50. The quantitative estimate of drug-likeness (QED) is 0.801. The third-order valence-corrected chi connectivity index (χ3v) is 5.96. The number of ether oxygens (including phenoxy) is 1. The highest BCUT2D eigenvalue weighted by atomic mass is 35.5. The summed E-state index contributed by atoms with van der Waals surface area (Å²) in [5.41, 5.74) is 1.65. The fourth-order valence-electron chi connectivity index (χ4n) is 2.41. The summed E-state index contributed by atoms with van der Waals surface area (Å²) >= 11 is 5.83. The van der Waals surface area contributed by atoms with E-state index in [2.05, 4.69) is 0 Å². The number of hydrogen-bond donors (Lipinski definition) is 0. The number of rotatable bonds is 4. The first kappa shape index (κ1) is 15.8. The molecule has 0 N–H and O–H groups in total. The maximum absolute atomic E-state index is 12.9. The van der Waals surface area contributed by atoms with Gasteiger partial charge in [-0.05, 0) is 30.5 Å². The van der Waals surface area contributed by atoms with Crippen molar-refractivity contribution in [3.63, 3.8) is 0 Å². The Kier molecular flexibility index (Phi) is 5.07. The minimum absolute atomic E-state index is 0.141. The second-order valence-electron chi connectivity index (χ2n) is 4.97. The molecule has 1 aliphatic heterocycles. The van der Waals surface area contributed by atoms with Gasteiger partial charge in [0.1, 0.15) is 0 Å². The molecule has 6 heteroatoms. The van der Waals surface area contributed by atoms with Crippen LogP contribution in [0.1, 0.15) is 25.0 Å². The van der Waals surface area contributed by atoms with Crippen LogP contribution in [0, 0.1) is 0 Å². The molecule has 1 aliphatic rings. The molecule has 1 fully saturated rings. The lowest BCUT2D eigenvalue weighted by Crippen LogP contribution is -2.47. The highest BCUT2D eigenvalue weighted by molar-refractivity contribution is 7.89. The van der Waals surface area contributed by atoms with Crippen molar-refractivity contribution in [3.8, 4) is 0 Å². The Morgan fingerprint density at radius 2 is 2.20 bits per heavy atom. The number of hydrogen-bond acceptors (Lipinski definition) is 3. The second kappa shape index (κ2) is 6.43. The number of halogens is 1. The highest BCUT2D eigenvalue weighted by Crippen LogP contribution is 2.25. The van der Waals surface area contributed by atoms with E-state index in [0.717, 1.165) is 11.1 Å². The molecule has 1 unspecified atom stereocenters. The van der Waals surface area contributed by atoms with Gasteiger partial charge in [0.05, 0.1) is 18.1 Å². The Labute approximate surface area is 125 Å². The zero-order valence-electron chi connectivity index (χ0n) is 11.8. The van der Waals surface area contributed by atoms with E-state index in [4.69, 9.17) is 16.3 Å². The summed E-state index contributed by atoms with van der Waals surface area (Å²) in [6.07, 6.45) is 0.676. The molecule has 1 atom stereocenters. The molecule has 0 bridgehead atoms. The van der Waals surface area contributed by atoms with Crippen LogP contribution in [0.4, 0.5) is 0 Å². The maximum Gasteiger partial charge on any atom is 0.243 e. The van der Waals surface area contributed by atoms with E-state index in [1.165, 1.54) is 4.31 Å². The predicted molar refractivity (Wildman–Crippen MR) is 79.5 cm³/mol. The molecule has 112 valence electrons. The van der Waals surface area contributed by atoms with Crippen molar-refractivity contribution in [1.82, 2.24) is 4.31 Å². The number of benzene rings is 1. The molecule has 0 aromatic heterocycles. The summed E-state index contributed by atoms with van der Waals surface area (Å²) < 4.78 is 32.6.